The zero-order valence-electron chi connectivity index (χ0n) is 2.34. The molecule has 0 saturated carbocycles. The van der Waals surface area contributed by atoms with Crippen molar-refractivity contribution in [3.05, 3.63) is 0 Å². The Morgan fingerprint density at radius 2 is 1.25 bits per heavy atom. The Balaban J connectivity index is 0. The molecule has 28 valence electrons. The summed E-state index contributed by atoms with van der Waals surface area (Å²) in [5, 5.41) is 7.00. The van der Waals surface area contributed by atoms with Crippen LogP contribution in [0.2, 0.25) is 0 Å². The Bertz CT molecular complexity index is 6.00. The zero-order chi connectivity index (χ0) is 4.00. The largest absolute Gasteiger partial charge is 0.400 e. The Hall–Kier alpha value is 0.660. The van der Waals surface area contributed by atoms with Crippen LogP contribution >= 0.6 is 23.3 Å². The first-order valence-corrected chi connectivity index (χ1v) is 2.25. The van der Waals surface area contributed by atoms with Gasteiger partial charge in [-0.2, -0.15) is 0 Å². The molecule has 0 aliphatic carbocycles. The maximum Gasteiger partial charge on any atom is 0.0319 e. The van der Waals surface area contributed by atoms with Crippen molar-refractivity contribution in [3.63, 3.8) is 0 Å². The summed E-state index contributed by atoms with van der Waals surface area (Å²) in [4.78, 5) is 0. The van der Waals surface area contributed by atoms with Gasteiger partial charge in [0, 0.05) is 7.11 Å². The van der Waals surface area contributed by atoms with Gasteiger partial charge in [-0.05, 0) is 0 Å². The van der Waals surface area contributed by atoms with Crippen LogP contribution in [0, 0.1) is 0 Å². The Kier molecular flexibility index (Phi) is 131. The van der Waals surface area contributed by atoms with Gasteiger partial charge in [0.1, 0.15) is 0 Å². The van der Waals surface area contributed by atoms with E-state index in [1.54, 1.807) is 0 Å². The van der Waals surface area contributed by atoms with E-state index in [1.165, 1.54) is 0 Å². The fourth-order valence-corrected chi connectivity index (χ4v) is 0. The van der Waals surface area contributed by atoms with E-state index in [0.29, 0.717) is 0 Å². The number of aliphatic hydroxyl groups excluding tert-OH is 1. The van der Waals surface area contributed by atoms with E-state index in [9.17, 15) is 0 Å². The highest BCUT2D eigenvalue weighted by Crippen LogP contribution is 1.65. The molecule has 1 N–H and O–H groups in total. The highest BCUT2D eigenvalue weighted by Gasteiger charge is 0.885. The van der Waals surface area contributed by atoms with E-state index in [-0.39, 0.29) is 0 Å². The lowest BCUT2D eigenvalue weighted by molar-refractivity contribution is 0.399. The lowest BCUT2D eigenvalue weighted by atomic mass is 11.8. The molecule has 3 heteroatoms. The van der Waals surface area contributed by atoms with Crippen LogP contribution < -0.4 is 0 Å². The van der Waals surface area contributed by atoms with Gasteiger partial charge >= 0.3 is 0 Å². The number of aliphatic hydroxyl groups is 1. The van der Waals surface area contributed by atoms with Crippen LogP contribution in [0.25, 0.3) is 0 Å². The molecule has 0 aliphatic rings. The maximum atomic E-state index is 7.00. The van der Waals surface area contributed by atoms with Gasteiger partial charge in [-0.1, -0.05) is 0 Å². The summed E-state index contributed by atoms with van der Waals surface area (Å²) in [5.41, 5.74) is 0. The summed E-state index contributed by atoms with van der Waals surface area (Å²) >= 11 is 6.44. The van der Waals surface area contributed by atoms with Gasteiger partial charge in [0.05, 0.1) is 0 Å². The summed E-state index contributed by atoms with van der Waals surface area (Å²) in [6.07, 6.45) is 0. The summed E-state index contributed by atoms with van der Waals surface area (Å²) in [6.45, 7) is 0. The molecule has 0 radical (unpaired) electrons. The van der Waals surface area contributed by atoms with Crippen LogP contribution in [0.1, 0.15) is 0 Å². The minimum atomic E-state index is 1.00. The predicted molar refractivity (Wildman–Crippen MR) is 26.1 cm³/mol. The molecule has 0 amide bonds. The molecule has 0 heterocycles. The lowest BCUT2D eigenvalue weighted by Crippen LogP contribution is -1.25. The quantitative estimate of drug-likeness (QED) is 0.295. The second kappa shape index (κ2) is 59.5. The van der Waals surface area contributed by atoms with Crippen molar-refractivity contribution >= 4 is 23.3 Å². The molecule has 0 aromatic rings. The SMILES string of the molecule is CO.SS. The van der Waals surface area contributed by atoms with Gasteiger partial charge in [0.15, 0.2) is 0 Å². The summed E-state index contributed by atoms with van der Waals surface area (Å²) in [6, 6.07) is 0. The fraction of sp³-hybridized carbons (Fsp3) is 1.00. The van der Waals surface area contributed by atoms with Gasteiger partial charge in [-0.25, -0.2) is 0 Å². The van der Waals surface area contributed by atoms with E-state index >= 15 is 0 Å². The number of hydrogen-bond acceptors (Lipinski definition) is 3. The molecule has 0 bridgehead atoms. The standard InChI is InChI=1S/CH4O.H2S2/c2*1-2/h2H,1H3;1-2H. The zero-order valence-corrected chi connectivity index (χ0v) is 4.13. The van der Waals surface area contributed by atoms with Crippen molar-refractivity contribution in [1.29, 1.82) is 0 Å². The minimum absolute atomic E-state index is 1.00. The molecule has 0 atom stereocenters. The summed E-state index contributed by atoms with van der Waals surface area (Å²) in [5.74, 6) is 0. The Morgan fingerprint density at radius 3 is 1.25 bits per heavy atom. The molecule has 0 saturated heterocycles. The molecular formula is CH6OS2. The molecule has 0 rings (SSSR count). The molecule has 0 spiro atoms. The molecular weight excluding hydrogens is 92.1 g/mol. The van der Waals surface area contributed by atoms with Crippen molar-refractivity contribution in [2.24, 2.45) is 0 Å². The molecule has 0 aliphatic heterocycles. The van der Waals surface area contributed by atoms with Crippen LogP contribution in [0.15, 0.2) is 0 Å². The average Bonchev–Trinajstić information content (AvgIpc) is 1.50. The second-order valence-electron chi connectivity index (χ2n) is 0. The number of rotatable bonds is 0. The topological polar surface area (TPSA) is 20.2 Å². The smallest absolute Gasteiger partial charge is 0.0319 e. The Morgan fingerprint density at radius 1 is 1.25 bits per heavy atom. The van der Waals surface area contributed by atoms with Gasteiger partial charge in [0.2, 0.25) is 0 Å². The normalized spacial score (nSPS) is 3.00. The second-order valence-corrected chi connectivity index (χ2v) is 0. The summed E-state index contributed by atoms with van der Waals surface area (Å²) in [7, 11) is 1.00. The van der Waals surface area contributed by atoms with E-state index in [2.05, 4.69) is 23.3 Å². The highest BCUT2D eigenvalue weighted by molar-refractivity contribution is 8.59. The van der Waals surface area contributed by atoms with E-state index < -0.39 is 0 Å². The van der Waals surface area contributed by atoms with Crippen molar-refractivity contribution in [3.8, 4) is 0 Å². The van der Waals surface area contributed by atoms with Gasteiger partial charge < -0.3 is 5.11 Å². The molecule has 1 nitrogen and oxygen atoms in total. The van der Waals surface area contributed by atoms with E-state index in [1.807, 2.05) is 0 Å². The van der Waals surface area contributed by atoms with Crippen molar-refractivity contribution in [2.45, 2.75) is 0 Å². The molecule has 0 fully saturated rings. The average molecular weight is 98.2 g/mol. The van der Waals surface area contributed by atoms with Crippen LogP contribution in [-0.4, -0.2) is 12.2 Å². The number of hydrogen-bond donors (Lipinski definition) is 3. The Labute approximate surface area is 36.2 Å². The van der Waals surface area contributed by atoms with Crippen molar-refractivity contribution in [1.82, 2.24) is 0 Å². The monoisotopic (exact) mass is 98.0 g/mol. The highest BCUT2D eigenvalue weighted by atomic mass is 33.1. The first kappa shape index (κ1) is 8.82. The van der Waals surface area contributed by atoms with E-state index in [4.69, 9.17) is 5.11 Å². The first-order chi connectivity index (χ1) is 2.00. The fourth-order valence-electron chi connectivity index (χ4n) is 0. The third kappa shape index (κ3) is 16.8. The van der Waals surface area contributed by atoms with Crippen LogP contribution in [0.5, 0.6) is 0 Å². The van der Waals surface area contributed by atoms with Gasteiger partial charge in [0.25, 0.3) is 0 Å². The molecule has 4 heavy (non-hydrogen) atoms. The maximum absolute atomic E-state index is 7.00. The van der Waals surface area contributed by atoms with Crippen LogP contribution in [0.4, 0.5) is 0 Å². The molecule has 0 unspecified atom stereocenters. The number of thiol groups is 2. The van der Waals surface area contributed by atoms with Crippen molar-refractivity contribution < 1.29 is 5.11 Å². The van der Waals surface area contributed by atoms with Crippen LogP contribution in [0.3, 0.4) is 0 Å². The van der Waals surface area contributed by atoms with Crippen LogP contribution in [-0.2, 0) is 0 Å². The first-order valence-electron chi connectivity index (χ1n) is 0.647. The predicted octanol–water partition coefficient (Wildman–Crippen LogP) is 0.369. The van der Waals surface area contributed by atoms with Gasteiger partial charge in [-0.15, -0.1) is 23.3 Å². The summed E-state index contributed by atoms with van der Waals surface area (Å²) < 4.78 is 0. The third-order valence-corrected chi connectivity index (χ3v) is 0. The molecule has 0 aromatic heterocycles. The van der Waals surface area contributed by atoms with Gasteiger partial charge in [-0.3, -0.25) is 0 Å². The minimum Gasteiger partial charge on any atom is -0.400 e. The molecule has 0 aromatic carbocycles. The van der Waals surface area contributed by atoms with E-state index in [0.717, 1.165) is 7.11 Å². The lowest BCUT2D eigenvalue weighted by Gasteiger charge is -1.21. The van der Waals surface area contributed by atoms with Crippen molar-refractivity contribution in [2.75, 3.05) is 7.11 Å². The third-order valence-electron chi connectivity index (χ3n) is 0.